The highest BCUT2D eigenvalue weighted by atomic mass is 16.4. The van der Waals surface area contributed by atoms with Gasteiger partial charge in [-0.25, -0.2) is 0 Å². The molecule has 1 fully saturated rings. The van der Waals surface area contributed by atoms with Gasteiger partial charge in [0.25, 0.3) is 0 Å². The number of hydrogen-bond acceptors (Lipinski definition) is 2. The quantitative estimate of drug-likeness (QED) is 0.459. The Morgan fingerprint density at radius 3 is 2.07 bits per heavy atom. The lowest BCUT2D eigenvalue weighted by Gasteiger charge is -2.27. The van der Waals surface area contributed by atoms with E-state index in [2.05, 4.69) is 6.92 Å². The number of carbonyl (C=O) groups excluding carboxylic acids is 1. The first-order valence-corrected chi connectivity index (χ1v) is 10.7. The third-order valence-electron chi connectivity index (χ3n) is 5.64. The molecule has 0 bridgehead atoms. The van der Waals surface area contributed by atoms with Crippen LogP contribution >= 0.6 is 0 Å². The average molecular weight is 374 g/mol. The van der Waals surface area contributed by atoms with Crippen LogP contribution < -0.4 is 0 Å². The van der Waals surface area contributed by atoms with Gasteiger partial charge in [0.1, 0.15) is 0 Å². The Labute approximate surface area is 164 Å². The van der Waals surface area contributed by atoms with Gasteiger partial charge in [0.2, 0.25) is 5.91 Å². The van der Waals surface area contributed by atoms with Crippen LogP contribution in [-0.4, -0.2) is 28.4 Å². The van der Waals surface area contributed by atoms with Crippen molar-refractivity contribution in [3.63, 3.8) is 0 Å². The van der Waals surface area contributed by atoms with Crippen LogP contribution in [0.5, 0.6) is 0 Å². The lowest BCUT2D eigenvalue weighted by atomic mass is 9.93. The second-order valence-corrected chi connectivity index (χ2v) is 7.77. The summed E-state index contributed by atoms with van der Waals surface area (Å²) in [5.74, 6) is -1.53. The molecular weight excluding hydrogens is 338 g/mol. The minimum absolute atomic E-state index is 0.0211. The molecule has 2 atom stereocenters. The van der Waals surface area contributed by atoms with Crippen LogP contribution in [0.4, 0.5) is 0 Å². The highest BCUT2D eigenvalue weighted by Crippen LogP contribution is 2.38. The van der Waals surface area contributed by atoms with Crippen molar-refractivity contribution >= 4 is 11.9 Å². The predicted molar refractivity (Wildman–Crippen MR) is 108 cm³/mol. The van der Waals surface area contributed by atoms with Gasteiger partial charge >= 0.3 is 5.97 Å². The highest BCUT2D eigenvalue weighted by molar-refractivity contribution is 5.87. The molecule has 1 aliphatic rings. The van der Waals surface area contributed by atoms with Crippen LogP contribution in [0.1, 0.15) is 89.2 Å². The van der Waals surface area contributed by atoms with E-state index >= 15 is 0 Å². The summed E-state index contributed by atoms with van der Waals surface area (Å²) in [5.41, 5.74) is 0.933. The van der Waals surface area contributed by atoms with Crippen LogP contribution in [0.3, 0.4) is 0 Å². The first-order chi connectivity index (χ1) is 13.1. The van der Waals surface area contributed by atoms with Crippen LogP contribution in [0, 0.1) is 5.92 Å². The van der Waals surface area contributed by atoms with E-state index in [9.17, 15) is 14.7 Å². The molecule has 0 aliphatic carbocycles. The molecule has 150 valence electrons. The first kappa shape index (κ1) is 21.5. The van der Waals surface area contributed by atoms with Crippen molar-refractivity contribution in [1.82, 2.24) is 4.90 Å². The molecule has 1 aliphatic heterocycles. The summed E-state index contributed by atoms with van der Waals surface area (Å²) in [6.07, 6.45) is 12.6. The number of benzene rings is 1. The third kappa shape index (κ3) is 6.67. The van der Waals surface area contributed by atoms with Gasteiger partial charge in [-0.1, -0.05) is 95.0 Å². The number of likely N-dealkylation sites (tertiary alicyclic amines) is 1. The zero-order chi connectivity index (χ0) is 19.5. The number of unbranched alkanes of at least 4 members (excludes halogenated alkanes) is 9. The largest absolute Gasteiger partial charge is 0.481 e. The van der Waals surface area contributed by atoms with E-state index in [4.69, 9.17) is 0 Å². The molecule has 1 heterocycles. The molecule has 1 saturated heterocycles. The first-order valence-electron chi connectivity index (χ1n) is 10.7. The van der Waals surface area contributed by atoms with Gasteiger partial charge in [-0.3, -0.25) is 9.59 Å². The SMILES string of the molecule is CCCCCCCCCCCCN1C(=O)C[C@@H](C(=O)O)[C@@H]1c1ccccc1. The van der Waals surface area contributed by atoms with E-state index in [0.717, 1.165) is 18.4 Å². The summed E-state index contributed by atoms with van der Waals surface area (Å²) in [5, 5.41) is 9.55. The number of hydrogen-bond donors (Lipinski definition) is 1. The number of carboxylic acids is 1. The van der Waals surface area contributed by atoms with Crippen molar-refractivity contribution in [3.8, 4) is 0 Å². The Balaban J connectivity index is 1.75. The zero-order valence-electron chi connectivity index (χ0n) is 16.7. The van der Waals surface area contributed by atoms with E-state index in [1.54, 1.807) is 4.90 Å². The van der Waals surface area contributed by atoms with E-state index in [0.29, 0.717) is 6.54 Å². The molecule has 1 amide bonds. The molecule has 1 N–H and O–H groups in total. The van der Waals surface area contributed by atoms with Gasteiger partial charge in [-0.15, -0.1) is 0 Å². The molecule has 0 radical (unpaired) electrons. The molecule has 0 saturated carbocycles. The predicted octanol–water partition coefficient (Wildman–Crippen LogP) is 5.58. The maximum atomic E-state index is 12.4. The normalized spacial score (nSPS) is 19.6. The fraction of sp³-hybridized carbons (Fsp3) is 0.652. The van der Waals surface area contributed by atoms with Crippen LogP contribution in [-0.2, 0) is 9.59 Å². The van der Waals surface area contributed by atoms with E-state index in [1.165, 1.54) is 51.4 Å². The highest BCUT2D eigenvalue weighted by Gasteiger charge is 2.44. The van der Waals surface area contributed by atoms with Gasteiger partial charge in [0, 0.05) is 13.0 Å². The summed E-state index contributed by atoms with van der Waals surface area (Å²) in [6, 6.07) is 9.29. The molecule has 0 aromatic heterocycles. The smallest absolute Gasteiger partial charge is 0.309 e. The molecule has 0 spiro atoms. The van der Waals surface area contributed by atoms with Crippen molar-refractivity contribution in [2.75, 3.05) is 6.54 Å². The van der Waals surface area contributed by atoms with Gasteiger partial charge in [-0.2, -0.15) is 0 Å². The molecule has 27 heavy (non-hydrogen) atoms. The van der Waals surface area contributed by atoms with Gasteiger partial charge < -0.3 is 10.0 Å². The van der Waals surface area contributed by atoms with Crippen molar-refractivity contribution < 1.29 is 14.7 Å². The minimum Gasteiger partial charge on any atom is -0.481 e. The van der Waals surface area contributed by atoms with Gasteiger partial charge in [-0.05, 0) is 12.0 Å². The minimum atomic E-state index is -0.872. The summed E-state index contributed by atoms with van der Waals surface area (Å²) in [6.45, 7) is 2.91. The van der Waals surface area contributed by atoms with Crippen molar-refractivity contribution in [1.29, 1.82) is 0 Å². The third-order valence-corrected chi connectivity index (χ3v) is 5.64. The molecule has 0 unspecified atom stereocenters. The standard InChI is InChI=1S/C23H35NO3/c1-2-3-4-5-6-7-8-9-10-14-17-24-21(25)18-20(23(26)27)22(24)19-15-12-11-13-16-19/h11-13,15-16,20,22H,2-10,14,17-18H2,1H3,(H,26,27)/t20-,22+/m1/s1. The van der Waals surface area contributed by atoms with Crippen molar-refractivity contribution in [2.24, 2.45) is 5.92 Å². The van der Waals surface area contributed by atoms with Crippen LogP contribution in [0.25, 0.3) is 0 Å². The van der Waals surface area contributed by atoms with Crippen molar-refractivity contribution in [2.45, 2.75) is 83.6 Å². The number of carboxylic acid groups (broad SMARTS) is 1. The number of aliphatic carboxylic acids is 1. The molecule has 4 heteroatoms. The Bertz CT molecular complexity index is 572. The number of rotatable bonds is 13. The lowest BCUT2D eigenvalue weighted by Crippen LogP contribution is -2.31. The van der Waals surface area contributed by atoms with Gasteiger partial charge in [0.15, 0.2) is 0 Å². The average Bonchev–Trinajstić information content (AvgIpc) is 3.01. The van der Waals surface area contributed by atoms with Crippen molar-refractivity contribution in [3.05, 3.63) is 35.9 Å². The Hall–Kier alpha value is -1.84. The second-order valence-electron chi connectivity index (χ2n) is 7.77. The van der Waals surface area contributed by atoms with E-state index < -0.39 is 11.9 Å². The maximum absolute atomic E-state index is 12.4. The van der Waals surface area contributed by atoms with E-state index in [1.807, 2.05) is 30.3 Å². The van der Waals surface area contributed by atoms with Gasteiger partial charge in [0.05, 0.1) is 12.0 Å². The number of amides is 1. The molecule has 2 rings (SSSR count). The Morgan fingerprint density at radius 2 is 1.52 bits per heavy atom. The second kappa shape index (κ2) is 11.8. The summed E-state index contributed by atoms with van der Waals surface area (Å²) >= 11 is 0. The number of nitrogens with zero attached hydrogens (tertiary/aromatic N) is 1. The summed E-state index contributed by atoms with van der Waals surface area (Å²) in [7, 11) is 0. The maximum Gasteiger partial charge on any atom is 0.309 e. The summed E-state index contributed by atoms with van der Waals surface area (Å²) in [4.78, 5) is 25.9. The summed E-state index contributed by atoms with van der Waals surface area (Å²) < 4.78 is 0. The molecule has 1 aromatic carbocycles. The molecule has 4 nitrogen and oxygen atoms in total. The van der Waals surface area contributed by atoms with Crippen LogP contribution in [0.15, 0.2) is 30.3 Å². The molecule has 1 aromatic rings. The topological polar surface area (TPSA) is 57.6 Å². The molecular formula is C23H35NO3. The Kier molecular flexibility index (Phi) is 9.37. The van der Waals surface area contributed by atoms with E-state index in [-0.39, 0.29) is 18.4 Å². The fourth-order valence-corrected chi connectivity index (χ4v) is 4.11. The monoisotopic (exact) mass is 373 g/mol. The fourth-order valence-electron chi connectivity index (χ4n) is 4.11. The number of carbonyl (C=O) groups is 2. The zero-order valence-corrected chi connectivity index (χ0v) is 16.7. The van der Waals surface area contributed by atoms with Crippen LogP contribution in [0.2, 0.25) is 0 Å². The Morgan fingerprint density at radius 1 is 0.963 bits per heavy atom. The lowest BCUT2D eigenvalue weighted by molar-refractivity contribution is -0.142.